The Morgan fingerprint density at radius 3 is 2.16 bits per heavy atom. The third-order valence-electron chi connectivity index (χ3n) is 10.0. The molecule has 0 radical (unpaired) electrons. The van der Waals surface area contributed by atoms with Crippen LogP contribution in [0.2, 0.25) is 0 Å². The maximum absolute atomic E-state index is 5.30. The van der Waals surface area contributed by atoms with Crippen LogP contribution in [0.4, 0.5) is 0 Å². The van der Waals surface area contributed by atoms with Gasteiger partial charge >= 0.3 is 0 Å². The van der Waals surface area contributed by atoms with Crippen molar-refractivity contribution in [2.45, 2.75) is 0 Å². The van der Waals surface area contributed by atoms with E-state index >= 15 is 0 Å². The Morgan fingerprint density at radius 2 is 1.24 bits per heavy atom. The molecule has 11 aromatic rings. The van der Waals surface area contributed by atoms with Crippen molar-refractivity contribution in [3.63, 3.8) is 0 Å². The number of aromatic nitrogens is 4. The second-order valence-electron chi connectivity index (χ2n) is 12.8. The number of benzene rings is 7. The average molecular weight is 655 g/mol. The number of para-hydroxylation sites is 1. The van der Waals surface area contributed by atoms with E-state index < -0.39 is 0 Å². The Labute approximate surface area is 290 Å². The molecule has 0 bridgehead atoms. The molecule has 4 heterocycles. The first-order chi connectivity index (χ1) is 24.8. The fourth-order valence-corrected chi connectivity index (χ4v) is 9.15. The van der Waals surface area contributed by atoms with E-state index in [2.05, 4.69) is 150 Å². The van der Waals surface area contributed by atoms with Crippen molar-refractivity contribution in [3.05, 3.63) is 158 Å². The molecule has 4 aromatic heterocycles. The van der Waals surface area contributed by atoms with Gasteiger partial charge in [0.1, 0.15) is 0 Å². The van der Waals surface area contributed by atoms with Crippen molar-refractivity contribution in [1.29, 1.82) is 0 Å². The SMILES string of the molecule is c1cc(-c2nc(-c3cccc4ccccc34)c3cccnc3n2)cc(-n2c3ccccc3c3c4c5ccccc5sc4c4ccccc4c32)c1. The first-order valence-corrected chi connectivity index (χ1v) is 17.6. The Bertz CT molecular complexity index is 3170. The molecule has 0 unspecified atom stereocenters. The summed E-state index contributed by atoms with van der Waals surface area (Å²) in [6, 6.07) is 54.0. The van der Waals surface area contributed by atoms with Crippen LogP contribution in [0, 0.1) is 0 Å². The quantitative estimate of drug-likeness (QED) is 0.190. The van der Waals surface area contributed by atoms with Crippen molar-refractivity contribution >= 4 is 85.9 Å². The molecule has 50 heavy (non-hydrogen) atoms. The number of hydrogen-bond donors (Lipinski definition) is 0. The zero-order valence-electron chi connectivity index (χ0n) is 26.7. The predicted molar refractivity (Wildman–Crippen MR) is 210 cm³/mol. The molecule has 0 spiro atoms. The van der Waals surface area contributed by atoms with E-state index in [1.54, 1.807) is 6.20 Å². The third kappa shape index (κ3) is 3.89. The number of thiophene rings is 1. The predicted octanol–water partition coefficient (Wildman–Crippen LogP) is 12.1. The van der Waals surface area contributed by atoms with Crippen LogP contribution in [0.25, 0.3) is 103 Å². The van der Waals surface area contributed by atoms with Gasteiger partial charge in [-0.2, -0.15) is 0 Å². The Hall–Kier alpha value is -6.43. The molecule has 0 amide bonds. The molecule has 5 heteroatoms. The number of rotatable bonds is 3. The number of pyridine rings is 1. The van der Waals surface area contributed by atoms with Crippen LogP contribution in [-0.2, 0) is 0 Å². The molecule has 4 nitrogen and oxygen atoms in total. The second kappa shape index (κ2) is 10.5. The zero-order valence-corrected chi connectivity index (χ0v) is 27.5. The van der Waals surface area contributed by atoms with Crippen LogP contribution in [0.3, 0.4) is 0 Å². The highest BCUT2D eigenvalue weighted by Crippen LogP contribution is 2.48. The van der Waals surface area contributed by atoms with E-state index in [4.69, 9.17) is 15.0 Å². The Balaban J connectivity index is 1.21. The van der Waals surface area contributed by atoms with E-state index in [1.165, 1.54) is 58.1 Å². The summed E-state index contributed by atoms with van der Waals surface area (Å²) >= 11 is 1.89. The van der Waals surface area contributed by atoms with Crippen LogP contribution in [0.5, 0.6) is 0 Å². The van der Waals surface area contributed by atoms with Crippen molar-refractivity contribution in [3.8, 4) is 28.3 Å². The molecule has 0 atom stereocenters. The molecular formula is C45H26N4S. The van der Waals surface area contributed by atoms with Crippen LogP contribution >= 0.6 is 11.3 Å². The van der Waals surface area contributed by atoms with Gasteiger partial charge in [0.2, 0.25) is 0 Å². The van der Waals surface area contributed by atoms with Gasteiger partial charge in [0.05, 0.1) is 16.7 Å². The average Bonchev–Trinajstić information content (AvgIpc) is 3.74. The molecule has 0 aliphatic rings. The van der Waals surface area contributed by atoms with Gasteiger partial charge in [-0.1, -0.05) is 115 Å². The third-order valence-corrected chi connectivity index (χ3v) is 11.2. The Morgan fingerprint density at radius 1 is 0.520 bits per heavy atom. The largest absolute Gasteiger partial charge is 0.309 e. The summed E-state index contributed by atoms with van der Waals surface area (Å²) in [4.78, 5) is 15.1. The van der Waals surface area contributed by atoms with Gasteiger partial charge in [0.25, 0.3) is 0 Å². The fraction of sp³-hybridized carbons (Fsp3) is 0. The molecule has 0 saturated heterocycles. The standard InChI is InChI=1S/C45H26N4S/c1-2-16-30-27(12-1)13-10-21-31(30)41-36-22-11-25-46-45(36)48-44(47-41)28-14-9-15-29(26-28)49-37-23-7-5-19-34(37)39-40-35-20-6-8-24-38(35)50-43(40)33-18-4-3-17-32(33)42(39)49/h1-26H. The topological polar surface area (TPSA) is 43.6 Å². The summed E-state index contributed by atoms with van der Waals surface area (Å²) < 4.78 is 5.08. The first-order valence-electron chi connectivity index (χ1n) is 16.8. The van der Waals surface area contributed by atoms with Crippen LogP contribution < -0.4 is 0 Å². The minimum atomic E-state index is 0.651. The minimum Gasteiger partial charge on any atom is -0.309 e. The molecule has 0 fully saturated rings. The molecule has 0 aliphatic carbocycles. The molecule has 11 rings (SSSR count). The van der Waals surface area contributed by atoms with Crippen molar-refractivity contribution in [2.24, 2.45) is 0 Å². The lowest BCUT2D eigenvalue weighted by Crippen LogP contribution is -1.99. The Kier molecular flexibility index (Phi) is 5.80. The van der Waals surface area contributed by atoms with Crippen molar-refractivity contribution in [1.82, 2.24) is 19.5 Å². The maximum Gasteiger partial charge on any atom is 0.163 e. The number of nitrogens with zero attached hydrogens (tertiary/aromatic N) is 4. The fourth-order valence-electron chi connectivity index (χ4n) is 7.90. The highest BCUT2D eigenvalue weighted by molar-refractivity contribution is 7.27. The van der Waals surface area contributed by atoms with Crippen LogP contribution in [0.15, 0.2) is 158 Å². The zero-order chi connectivity index (χ0) is 32.8. The highest BCUT2D eigenvalue weighted by Gasteiger charge is 2.22. The summed E-state index contributed by atoms with van der Waals surface area (Å²) in [5.41, 5.74) is 7.03. The van der Waals surface area contributed by atoms with Crippen LogP contribution in [0.1, 0.15) is 0 Å². The summed E-state index contributed by atoms with van der Waals surface area (Å²) in [6.07, 6.45) is 1.81. The van der Waals surface area contributed by atoms with Crippen molar-refractivity contribution < 1.29 is 0 Å². The molecule has 0 N–H and O–H groups in total. The molecule has 232 valence electrons. The molecule has 0 saturated carbocycles. The van der Waals surface area contributed by atoms with Gasteiger partial charge in [-0.05, 0) is 47.2 Å². The van der Waals surface area contributed by atoms with Gasteiger partial charge in [-0.3, -0.25) is 0 Å². The highest BCUT2D eigenvalue weighted by atomic mass is 32.1. The van der Waals surface area contributed by atoms with E-state index in [0.29, 0.717) is 11.5 Å². The summed E-state index contributed by atoms with van der Waals surface area (Å²) in [5.74, 6) is 0.651. The van der Waals surface area contributed by atoms with Gasteiger partial charge in [0, 0.05) is 70.1 Å². The van der Waals surface area contributed by atoms with Gasteiger partial charge < -0.3 is 4.57 Å². The lowest BCUT2D eigenvalue weighted by Gasteiger charge is -2.13. The first kappa shape index (κ1) is 27.5. The smallest absolute Gasteiger partial charge is 0.163 e. The van der Waals surface area contributed by atoms with E-state index in [0.717, 1.165) is 33.3 Å². The van der Waals surface area contributed by atoms with E-state index in [1.807, 2.05) is 17.4 Å². The number of hydrogen-bond acceptors (Lipinski definition) is 4. The van der Waals surface area contributed by atoms with Gasteiger partial charge in [-0.25, -0.2) is 15.0 Å². The maximum atomic E-state index is 5.30. The lowest BCUT2D eigenvalue weighted by molar-refractivity contribution is 1.17. The summed E-state index contributed by atoms with van der Waals surface area (Å²) in [5, 5.41) is 11.0. The van der Waals surface area contributed by atoms with Gasteiger partial charge in [0.15, 0.2) is 11.5 Å². The van der Waals surface area contributed by atoms with Crippen LogP contribution in [-0.4, -0.2) is 19.5 Å². The molecule has 0 aliphatic heterocycles. The monoisotopic (exact) mass is 654 g/mol. The van der Waals surface area contributed by atoms with Gasteiger partial charge in [-0.15, -0.1) is 11.3 Å². The van der Waals surface area contributed by atoms with E-state index in [9.17, 15) is 0 Å². The molecule has 7 aromatic carbocycles. The minimum absolute atomic E-state index is 0.651. The van der Waals surface area contributed by atoms with E-state index in [-0.39, 0.29) is 0 Å². The second-order valence-corrected chi connectivity index (χ2v) is 13.8. The number of fused-ring (bicyclic) bond motifs is 12. The van der Waals surface area contributed by atoms with Crippen molar-refractivity contribution in [2.75, 3.05) is 0 Å². The summed E-state index contributed by atoms with van der Waals surface area (Å²) in [7, 11) is 0. The lowest BCUT2D eigenvalue weighted by atomic mass is 9.99. The summed E-state index contributed by atoms with van der Waals surface area (Å²) in [6.45, 7) is 0. The normalized spacial score (nSPS) is 12.0. The molecular weight excluding hydrogens is 629 g/mol.